The Hall–Kier alpha value is -7.96. The van der Waals surface area contributed by atoms with Crippen molar-refractivity contribution in [2.45, 2.75) is 0 Å². The lowest BCUT2D eigenvalue weighted by atomic mass is 10.0. The number of hydrogen-bond acceptors (Lipinski definition) is 4. The Morgan fingerprint density at radius 3 is 1.43 bits per heavy atom. The average molecular weight is 743 g/mol. The Balaban J connectivity index is 1.19. The molecular formula is C52H34N6. The number of nitrogens with zero attached hydrogens (tertiary/aromatic N) is 6. The van der Waals surface area contributed by atoms with Crippen LogP contribution in [0.5, 0.6) is 0 Å². The molecule has 0 atom stereocenters. The minimum absolute atomic E-state index is 0.567. The summed E-state index contributed by atoms with van der Waals surface area (Å²) in [6.07, 6.45) is 0. The van der Waals surface area contributed by atoms with Crippen LogP contribution in [-0.4, -0.2) is 29.1 Å². The largest absolute Gasteiger partial charge is 0.309 e. The van der Waals surface area contributed by atoms with Gasteiger partial charge in [-0.1, -0.05) is 152 Å². The van der Waals surface area contributed by atoms with Crippen molar-refractivity contribution in [2.75, 3.05) is 0 Å². The van der Waals surface area contributed by atoms with Crippen LogP contribution in [0.15, 0.2) is 206 Å². The lowest BCUT2D eigenvalue weighted by Crippen LogP contribution is -2.05. The first-order chi connectivity index (χ1) is 28.8. The van der Waals surface area contributed by atoms with E-state index in [1.807, 2.05) is 48.5 Å². The maximum Gasteiger partial charge on any atom is 0.166 e. The molecule has 0 spiro atoms. The van der Waals surface area contributed by atoms with Crippen molar-refractivity contribution < 1.29 is 0 Å². The van der Waals surface area contributed by atoms with Gasteiger partial charge in [-0.2, -0.15) is 0 Å². The van der Waals surface area contributed by atoms with Crippen molar-refractivity contribution in [2.24, 2.45) is 0 Å². The number of imidazole rings is 1. The van der Waals surface area contributed by atoms with Crippen LogP contribution in [-0.2, 0) is 0 Å². The highest BCUT2D eigenvalue weighted by atomic mass is 15.1. The third kappa shape index (κ3) is 5.74. The van der Waals surface area contributed by atoms with Crippen LogP contribution in [0.1, 0.15) is 0 Å². The van der Waals surface area contributed by atoms with Crippen molar-refractivity contribution in [3.05, 3.63) is 206 Å². The van der Waals surface area contributed by atoms with E-state index in [4.69, 9.17) is 19.9 Å². The van der Waals surface area contributed by atoms with Gasteiger partial charge in [0.25, 0.3) is 0 Å². The van der Waals surface area contributed by atoms with E-state index < -0.39 is 0 Å². The quantitative estimate of drug-likeness (QED) is 0.163. The Bertz CT molecular complexity index is 3210. The molecule has 0 saturated heterocycles. The summed E-state index contributed by atoms with van der Waals surface area (Å²) in [5.41, 5.74) is 12.0. The molecule has 0 amide bonds. The third-order valence-electron chi connectivity index (χ3n) is 10.8. The minimum atomic E-state index is 0.567. The molecule has 0 radical (unpaired) electrons. The van der Waals surface area contributed by atoms with Crippen LogP contribution in [0.3, 0.4) is 0 Å². The highest BCUT2D eigenvalue weighted by molar-refractivity contribution is 6.09. The summed E-state index contributed by atoms with van der Waals surface area (Å²) >= 11 is 0. The zero-order chi connectivity index (χ0) is 38.4. The fraction of sp³-hybridized carbons (Fsp3) is 0. The number of para-hydroxylation sites is 5. The first kappa shape index (κ1) is 33.4. The van der Waals surface area contributed by atoms with E-state index in [-0.39, 0.29) is 0 Å². The molecule has 6 nitrogen and oxygen atoms in total. The topological polar surface area (TPSA) is 61.4 Å². The standard InChI is InChI=1S/C52H34N6/c1-4-16-35(17-5-1)36-28-30-38(31-29-36)50-54-49(37-18-6-2-7-19-37)55-51(56-50)43-34-39(52-53-44-24-12-15-27-48(44)57(52)40-20-8-3-9-21-40)32-33-47(43)58-45-25-13-10-22-41(45)42-23-11-14-26-46(42)58/h1-34H. The molecule has 0 unspecified atom stereocenters. The Morgan fingerprint density at radius 1 is 0.310 bits per heavy atom. The second-order valence-electron chi connectivity index (χ2n) is 14.3. The predicted molar refractivity (Wildman–Crippen MR) is 236 cm³/mol. The van der Waals surface area contributed by atoms with Gasteiger partial charge in [0.1, 0.15) is 5.82 Å². The molecule has 11 aromatic rings. The second kappa shape index (κ2) is 14.0. The summed E-state index contributed by atoms with van der Waals surface area (Å²) in [4.78, 5) is 21.0. The molecule has 0 bridgehead atoms. The molecule has 3 heterocycles. The number of aromatic nitrogens is 6. The lowest BCUT2D eigenvalue weighted by Gasteiger charge is -2.17. The minimum Gasteiger partial charge on any atom is -0.309 e. The summed E-state index contributed by atoms with van der Waals surface area (Å²) in [6.45, 7) is 0. The van der Waals surface area contributed by atoms with Crippen LogP contribution >= 0.6 is 0 Å². The molecule has 6 heteroatoms. The smallest absolute Gasteiger partial charge is 0.166 e. The molecule has 0 N–H and O–H groups in total. The zero-order valence-corrected chi connectivity index (χ0v) is 31.3. The highest BCUT2D eigenvalue weighted by Crippen LogP contribution is 2.39. The molecule has 8 aromatic carbocycles. The van der Waals surface area contributed by atoms with Crippen LogP contribution in [0, 0.1) is 0 Å². The van der Waals surface area contributed by atoms with Crippen LogP contribution in [0.25, 0.3) is 101 Å². The van der Waals surface area contributed by atoms with E-state index in [0.29, 0.717) is 17.5 Å². The zero-order valence-electron chi connectivity index (χ0n) is 31.3. The Kier molecular flexibility index (Phi) is 8.04. The average Bonchev–Trinajstić information content (AvgIpc) is 3.86. The number of fused-ring (bicyclic) bond motifs is 4. The van der Waals surface area contributed by atoms with Crippen LogP contribution < -0.4 is 0 Å². The van der Waals surface area contributed by atoms with Gasteiger partial charge in [0.2, 0.25) is 0 Å². The van der Waals surface area contributed by atoms with Crippen LogP contribution in [0.2, 0.25) is 0 Å². The SMILES string of the molecule is c1ccc(-c2ccc(-c3nc(-c4ccccc4)nc(-c4cc(-c5nc6ccccc6n5-c5ccccc5)ccc4-n4c5ccccc5c5ccccc54)n3)cc2)cc1. The van der Waals surface area contributed by atoms with E-state index in [1.54, 1.807) is 0 Å². The Morgan fingerprint density at radius 2 is 0.776 bits per heavy atom. The first-order valence-electron chi connectivity index (χ1n) is 19.4. The summed E-state index contributed by atoms with van der Waals surface area (Å²) in [5.74, 6) is 2.59. The maximum absolute atomic E-state index is 5.33. The molecular weight excluding hydrogens is 709 g/mol. The van der Waals surface area contributed by atoms with Crippen molar-refractivity contribution >= 4 is 32.8 Å². The molecule has 272 valence electrons. The fourth-order valence-electron chi connectivity index (χ4n) is 8.07. The summed E-state index contributed by atoms with van der Waals surface area (Å²) < 4.78 is 4.57. The molecule has 3 aromatic heterocycles. The first-order valence-corrected chi connectivity index (χ1v) is 19.4. The summed E-state index contributed by atoms with van der Waals surface area (Å²) in [5, 5.41) is 2.36. The lowest BCUT2D eigenvalue weighted by molar-refractivity contribution is 1.06. The molecule has 11 rings (SSSR count). The van der Waals surface area contributed by atoms with Crippen molar-refractivity contribution in [1.29, 1.82) is 0 Å². The second-order valence-corrected chi connectivity index (χ2v) is 14.3. The van der Waals surface area contributed by atoms with Gasteiger partial charge in [-0.25, -0.2) is 19.9 Å². The third-order valence-corrected chi connectivity index (χ3v) is 10.8. The van der Waals surface area contributed by atoms with Gasteiger partial charge in [0.15, 0.2) is 17.5 Å². The molecule has 58 heavy (non-hydrogen) atoms. The van der Waals surface area contributed by atoms with Gasteiger partial charge in [0, 0.05) is 38.7 Å². The molecule has 0 aliphatic carbocycles. The van der Waals surface area contributed by atoms with E-state index >= 15 is 0 Å². The monoisotopic (exact) mass is 742 g/mol. The molecule has 0 aliphatic rings. The molecule has 0 saturated carbocycles. The molecule has 0 aliphatic heterocycles. The van der Waals surface area contributed by atoms with Gasteiger partial charge in [-0.05, 0) is 65.7 Å². The van der Waals surface area contributed by atoms with Gasteiger partial charge in [-0.15, -0.1) is 0 Å². The van der Waals surface area contributed by atoms with Crippen molar-refractivity contribution in [3.8, 4) is 68.1 Å². The predicted octanol–water partition coefficient (Wildman–Crippen LogP) is 12.6. The van der Waals surface area contributed by atoms with Gasteiger partial charge < -0.3 is 4.57 Å². The van der Waals surface area contributed by atoms with Gasteiger partial charge in [0.05, 0.1) is 27.8 Å². The highest BCUT2D eigenvalue weighted by Gasteiger charge is 2.22. The summed E-state index contributed by atoms with van der Waals surface area (Å²) in [6, 6.07) is 71.5. The van der Waals surface area contributed by atoms with E-state index in [0.717, 1.165) is 72.6 Å². The van der Waals surface area contributed by atoms with Crippen LogP contribution in [0.4, 0.5) is 0 Å². The fourth-order valence-corrected chi connectivity index (χ4v) is 8.07. The van der Waals surface area contributed by atoms with Gasteiger partial charge >= 0.3 is 0 Å². The molecule has 0 fully saturated rings. The van der Waals surface area contributed by atoms with Crippen molar-refractivity contribution in [1.82, 2.24) is 29.1 Å². The maximum atomic E-state index is 5.33. The normalized spacial score (nSPS) is 11.4. The number of hydrogen-bond donors (Lipinski definition) is 0. The van der Waals surface area contributed by atoms with Gasteiger partial charge in [-0.3, -0.25) is 4.57 Å². The van der Waals surface area contributed by atoms with Crippen molar-refractivity contribution in [3.63, 3.8) is 0 Å². The number of benzene rings is 8. The number of rotatable bonds is 7. The summed E-state index contributed by atoms with van der Waals surface area (Å²) in [7, 11) is 0. The van der Waals surface area contributed by atoms with E-state index in [9.17, 15) is 0 Å². The Labute approximate surface area is 335 Å². The van der Waals surface area contributed by atoms with E-state index in [1.165, 1.54) is 10.8 Å². The van der Waals surface area contributed by atoms with E-state index in [2.05, 4.69) is 167 Å².